The Morgan fingerprint density at radius 1 is 1.28 bits per heavy atom. The van der Waals surface area contributed by atoms with Gasteiger partial charge in [-0.2, -0.15) is 8.78 Å². The summed E-state index contributed by atoms with van der Waals surface area (Å²) in [5, 5.41) is 25.0. The second kappa shape index (κ2) is 8.60. The number of nitrogens with zero attached hydrogens (tertiary/aromatic N) is 5. The highest BCUT2D eigenvalue weighted by Crippen LogP contribution is 2.31. The number of rotatable bonds is 7. The van der Waals surface area contributed by atoms with Gasteiger partial charge in [-0.25, -0.2) is 4.68 Å². The summed E-state index contributed by atoms with van der Waals surface area (Å²) in [5.74, 6) is -0.701. The van der Waals surface area contributed by atoms with Crippen LogP contribution in [0.2, 0.25) is 0 Å². The van der Waals surface area contributed by atoms with Crippen LogP contribution in [-0.4, -0.2) is 37.6 Å². The van der Waals surface area contributed by atoms with Gasteiger partial charge in [-0.15, -0.1) is 5.10 Å². The SMILES string of the molecule is Cn1nnnc1Sc1ccc([N+](=O)[O-])cc1C(=O)Nc1ccc(OC(F)F)cc1. The normalized spacial score (nSPS) is 10.8. The van der Waals surface area contributed by atoms with E-state index in [-0.39, 0.29) is 17.0 Å². The van der Waals surface area contributed by atoms with Crippen LogP contribution in [0.4, 0.5) is 20.2 Å². The van der Waals surface area contributed by atoms with Gasteiger partial charge in [0.15, 0.2) is 0 Å². The van der Waals surface area contributed by atoms with Gasteiger partial charge in [0.25, 0.3) is 11.6 Å². The van der Waals surface area contributed by atoms with E-state index in [1.165, 1.54) is 41.1 Å². The van der Waals surface area contributed by atoms with Crippen molar-refractivity contribution < 1.29 is 23.2 Å². The molecular formula is C16H12F2N6O4S. The number of carbonyl (C=O) groups excluding carboxylic acids is 1. The Morgan fingerprint density at radius 3 is 2.59 bits per heavy atom. The van der Waals surface area contributed by atoms with E-state index in [4.69, 9.17) is 0 Å². The minimum atomic E-state index is -2.96. The first kappa shape index (κ1) is 20.1. The number of benzene rings is 2. The fourth-order valence-electron chi connectivity index (χ4n) is 2.22. The lowest BCUT2D eigenvalue weighted by atomic mass is 10.2. The quantitative estimate of drug-likeness (QED) is 0.455. The number of aryl methyl sites for hydroxylation is 1. The Morgan fingerprint density at radius 2 is 2.00 bits per heavy atom. The molecule has 1 heterocycles. The van der Waals surface area contributed by atoms with Crippen molar-refractivity contribution in [3.8, 4) is 5.75 Å². The van der Waals surface area contributed by atoms with Gasteiger partial charge < -0.3 is 10.1 Å². The standard InChI is InChI=1S/C16H12F2N6O4S/c1-23-16(20-21-22-23)29-13-7-4-10(24(26)27)8-12(13)14(25)19-9-2-5-11(6-3-9)28-15(17)18/h2-8,15H,1H3,(H,19,25). The Bertz CT molecular complexity index is 1040. The molecule has 0 aliphatic heterocycles. The molecule has 3 aromatic rings. The van der Waals surface area contributed by atoms with Gasteiger partial charge in [-0.05, 0) is 52.5 Å². The number of nitro groups is 1. The number of anilines is 1. The van der Waals surface area contributed by atoms with Crippen molar-refractivity contribution in [1.82, 2.24) is 20.2 Å². The maximum Gasteiger partial charge on any atom is 0.387 e. The summed E-state index contributed by atoms with van der Waals surface area (Å²) >= 11 is 1.06. The number of hydrogen-bond acceptors (Lipinski definition) is 8. The molecule has 2 aromatic carbocycles. The summed E-state index contributed by atoms with van der Waals surface area (Å²) in [7, 11) is 1.61. The van der Waals surface area contributed by atoms with Gasteiger partial charge in [-0.3, -0.25) is 14.9 Å². The Hall–Kier alpha value is -3.61. The molecule has 0 aliphatic rings. The maximum atomic E-state index is 12.7. The molecule has 0 spiro atoms. The molecule has 1 aromatic heterocycles. The number of tetrazole rings is 1. The lowest BCUT2D eigenvalue weighted by Gasteiger charge is -2.10. The van der Waals surface area contributed by atoms with E-state index < -0.39 is 17.4 Å². The van der Waals surface area contributed by atoms with Crippen molar-refractivity contribution >= 4 is 29.0 Å². The number of non-ortho nitro benzene ring substituents is 1. The average molecular weight is 422 g/mol. The van der Waals surface area contributed by atoms with Crippen LogP contribution >= 0.6 is 11.8 Å². The molecule has 10 nitrogen and oxygen atoms in total. The molecule has 1 N–H and O–H groups in total. The first-order valence-corrected chi connectivity index (χ1v) is 8.70. The molecule has 0 unspecified atom stereocenters. The summed E-state index contributed by atoms with van der Waals surface area (Å²) < 4.78 is 30.1. The number of aromatic nitrogens is 4. The van der Waals surface area contributed by atoms with Gasteiger partial charge in [0.05, 0.1) is 10.5 Å². The van der Waals surface area contributed by atoms with Crippen molar-refractivity contribution in [2.45, 2.75) is 16.7 Å². The van der Waals surface area contributed by atoms with Crippen LogP contribution in [0.1, 0.15) is 10.4 Å². The number of hydrogen-bond donors (Lipinski definition) is 1. The van der Waals surface area contributed by atoms with Crippen molar-refractivity contribution in [2.24, 2.45) is 7.05 Å². The van der Waals surface area contributed by atoms with Crippen molar-refractivity contribution in [3.63, 3.8) is 0 Å². The molecule has 3 rings (SSSR count). The zero-order chi connectivity index (χ0) is 21.0. The van der Waals surface area contributed by atoms with Crippen LogP contribution in [0, 0.1) is 10.1 Å². The number of alkyl halides is 2. The molecule has 13 heteroatoms. The van der Waals surface area contributed by atoms with Gasteiger partial charge >= 0.3 is 6.61 Å². The number of ether oxygens (including phenoxy) is 1. The zero-order valence-electron chi connectivity index (χ0n) is 14.7. The van der Waals surface area contributed by atoms with Gasteiger partial charge in [0.1, 0.15) is 5.75 Å². The molecule has 0 saturated carbocycles. The lowest BCUT2D eigenvalue weighted by Crippen LogP contribution is -2.13. The Labute approximate surface area is 166 Å². The number of amides is 1. The first-order valence-electron chi connectivity index (χ1n) is 7.88. The lowest BCUT2D eigenvalue weighted by molar-refractivity contribution is -0.384. The number of halogens is 2. The third-order valence-electron chi connectivity index (χ3n) is 3.54. The van der Waals surface area contributed by atoms with Crippen LogP contribution in [0.25, 0.3) is 0 Å². The summed E-state index contributed by atoms with van der Waals surface area (Å²) in [6, 6.07) is 9.08. The van der Waals surface area contributed by atoms with E-state index in [9.17, 15) is 23.7 Å². The largest absolute Gasteiger partial charge is 0.435 e. The molecule has 0 atom stereocenters. The highest BCUT2D eigenvalue weighted by Gasteiger charge is 2.19. The summed E-state index contributed by atoms with van der Waals surface area (Å²) in [6.45, 7) is -2.96. The molecule has 0 bridgehead atoms. The minimum Gasteiger partial charge on any atom is -0.435 e. The van der Waals surface area contributed by atoms with Crippen molar-refractivity contribution in [2.75, 3.05) is 5.32 Å². The third kappa shape index (κ3) is 5.01. The van der Waals surface area contributed by atoms with E-state index in [1.807, 2.05) is 0 Å². The monoisotopic (exact) mass is 422 g/mol. The first-order chi connectivity index (χ1) is 13.8. The van der Waals surface area contributed by atoms with Gasteiger partial charge in [-0.1, -0.05) is 0 Å². The number of carbonyl (C=O) groups is 1. The highest BCUT2D eigenvalue weighted by molar-refractivity contribution is 7.99. The second-order valence-electron chi connectivity index (χ2n) is 5.48. The molecule has 0 aliphatic carbocycles. The highest BCUT2D eigenvalue weighted by atomic mass is 32.2. The smallest absolute Gasteiger partial charge is 0.387 e. The Kier molecular flexibility index (Phi) is 5.97. The number of nitro benzene ring substituents is 1. The molecular weight excluding hydrogens is 410 g/mol. The number of nitrogens with one attached hydrogen (secondary N) is 1. The maximum absolute atomic E-state index is 12.7. The molecule has 0 radical (unpaired) electrons. The predicted octanol–water partition coefficient (Wildman–Crippen LogP) is 3.12. The van der Waals surface area contributed by atoms with Crippen LogP contribution in [0.15, 0.2) is 52.5 Å². The zero-order valence-corrected chi connectivity index (χ0v) is 15.5. The molecule has 0 fully saturated rings. The van der Waals surface area contributed by atoms with Crippen molar-refractivity contribution in [1.29, 1.82) is 0 Å². The molecule has 29 heavy (non-hydrogen) atoms. The van der Waals surface area contributed by atoms with Crippen LogP contribution in [-0.2, 0) is 7.05 Å². The topological polar surface area (TPSA) is 125 Å². The second-order valence-corrected chi connectivity index (χ2v) is 6.49. The average Bonchev–Trinajstić information content (AvgIpc) is 3.07. The molecule has 1 amide bonds. The summed E-state index contributed by atoms with van der Waals surface area (Å²) in [5.41, 5.74) is 0.0516. The fourth-order valence-corrected chi connectivity index (χ4v) is 3.06. The van der Waals surface area contributed by atoms with Crippen molar-refractivity contribution in [3.05, 3.63) is 58.1 Å². The van der Waals surface area contributed by atoms with Gasteiger partial charge in [0, 0.05) is 29.8 Å². The predicted molar refractivity (Wildman–Crippen MR) is 97.0 cm³/mol. The minimum absolute atomic E-state index is 0.0279. The fraction of sp³-hybridized carbons (Fsp3) is 0.125. The van der Waals surface area contributed by atoms with Gasteiger partial charge in [0.2, 0.25) is 5.16 Å². The van der Waals surface area contributed by atoms with E-state index in [0.717, 1.165) is 17.8 Å². The van der Waals surface area contributed by atoms with Crippen LogP contribution in [0.3, 0.4) is 0 Å². The van der Waals surface area contributed by atoms with Crippen LogP contribution < -0.4 is 10.1 Å². The van der Waals surface area contributed by atoms with E-state index in [2.05, 4.69) is 25.6 Å². The Balaban J connectivity index is 1.86. The van der Waals surface area contributed by atoms with E-state index in [0.29, 0.717) is 15.7 Å². The third-order valence-corrected chi connectivity index (χ3v) is 4.64. The summed E-state index contributed by atoms with van der Waals surface area (Å²) in [4.78, 5) is 23.6. The van der Waals surface area contributed by atoms with Crippen LogP contribution in [0.5, 0.6) is 5.75 Å². The van der Waals surface area contributed by atoms with E-state index in [1.54, 1.807) is 7.05 Å². The summed E-state index contributed by atoms with van der Waals surface area (Å²) in [6.07, 6.45) is 0. The van der Waals surface area contributed by atoms with E-state index >= 15 is 0 Å². The molecule has 150 valence electrons. The molecule has 0 saturated heterocycles.